The van der Waals surface area contributed by atoms with Crippen molar-refractivity contribution in [2.24, 2.45) is 0 Å². The normalized spacial score (nSPS) is 19.3. The Labute approximate surface area is 187 Å². The van der Waals surface area contributed by atoms with Gasteiger partial charge in [-0.1, -0.05) is 11.6 Å². The monoisotopic (exact) mass is 444 g/mol. The van der Waals surface area contributed by atoms with Crippen molar-refractivity contribution < 1.29 is 9.53 Å². The summed E-state index contributed by atoms with van der Waals surface area (Å²) in [6.07, 6.45) is 1.81. The smallest absolute Gasteiger partial charge is 0.274 e. The summed E-state index contributed by atoms with van der Waals surface area (Å²) in [5.74, 6) is -0.0721. The standard InChI is InChI=1S/C22H29ClN6O2/c1-14-9-15(2)29(26-14)8-7-24-10-19-21(25-20-6-5-18(23)13-28(19)20)22(30)27-11-16(3)31-17(4)12-27/h5-6,9,13,16-17,24H,7-8,10-12H2,1-4H3/t16-,17+. The van der Waals surface area contributed by atoms with Gasteiger partial charge in [-0.05, 0) is 45.9 Å². The molecular weight excluding hydrogens is 416 g/mol. The molecule has 0 aliphatic carbocycles. The first-order valence-corrected chi connectivity index (χ1v) is 11.0. The Morgan fingerprint density at radius 2 is 2.00 bits per heavy atom. The summed E-state index contributed by atoms with van der Waals surface area (Å²) in [6, 6.07) is 5.69. The number of imidazole rings is 1. The molecule has 0 radical (unpaired) electrons. The number of nitrogens with zero attached hydrogens (tertiary/aromatic N) is 5. The molecular formula is C22H29ClN6O2. The maximum absolute atomic E-state index is 13.4. The van der Waals surface area contributed by atoms with Crippen LogP contribution in [0.15, 0.2) is 24.4 Å². The Morgan fingerprint density at radius 1 is 1.26 bits per heavy atom. The maximum atomic E-state index is 13.4. The van der Waals surface area contributed by atoms with Gasteiger partial charge in [-0.25, -0.2) is 4.98 Å². The first-order chi connectivity index (χ1) is 14.8. The molecule has 0 aromatic carbocycles. The third kappa shape index (κ3) is 4.76. The number of hydrogen-bond acceptors (Lipinski definition) is 5. The zero-order valence-electron chi connectivity index (χ0n) is 18.4. The highest BCUT2D eigenvalue weighted by Gasteiger charge is 2.30. The first-order valence-electron chi connectivity index (χ1n) is 10.6. The molecule has 0 bridgehead atoms. The number of aryl methyl sites for hydroxylation is 2. The molecule has 2 atom stereocenters. The van der Waals surface area contributed by atoms with Gasteiger partial charge in [0.1, 0.15) is 5.65 Å². The van der Waals surface area contributed by atoms with Crippen LogP contribution in [0.2, 0.25) is 5.02 Å². The molecule has 1 saturated heterocycles. The van der Waals surface area contributed by atoms with Crippen molar-refractivity contribution in [2.45, 2.75) is 53.0 Å². The number of morpholine rings is 1. The molecule has 4 heterocycles. The molecule has 1 aliphatic heterocycles. The molecule has 166 valence electrons. The molecule has 1 N–H and O–H groups in total. The van der Waals surface area contributed by atoms with Gasteiger partial charge in [-0.3, -0.25) is 9.48 Å². The van der Waals surface area contributed by atoms with E-state index < -0.39 is 0 Å². The van der Waals surface area contributed by atoms with Gasteiger partial charge < -0.3 is 19.4 Å². The van der Waals surface area contributed by atoms with Crippen molar-refractivity contribution in [3.8, 4) is 0 Å². The van der Waals surface area contributed by atoms with Gasteiger partial charge in [0.25, 0.3) is 5.91 Å². The quantitative estimate of drug-likeness (QED) is 0.591. The predicted octanol–water partition coefficient (Wildman–Crippen LogP) is 2.84. The number of pyridine rings is 1. The van der Waals surface area contributed by atoms with Gasteiger partial charge in [-0.2, -0.15) is 5.10 Å². The highest BCUT2D eigenvalue weighted by molar-refractivity contribution is 6.30. The lowest BCUT2D eigenvalue weighted by Gasteiger charge is -2.35. The Hall–Kier alpha value is -2.42. The van der Waals surface area contributed by atoms with Gasteiger partial charge >= 0.3 is 0 Å². The predicted molar refractivity (Wildman–Crippen MR) is 120 cm³/mol. The second kappa shape index (κ2) is 8.98. The summed E-state index contributed by atoms with van der Waals surface area (Å²) in [6.45, 7) is 11.1. The van der Waals surface area contributed by atoms with E-state index >= 15 is 0 Å². The fraction of sp³-hybridized carbons (Fsp3) is 0.500. The fourth-order valence-electron chi connectivity index (χ4n) is 4.19. The minimum Gasteiger partial charge on any atom is -0.372 e. The average Bonchev–Trinajstić information content (AvgIpc) is 3.22. The van der Waals surface area contributed by atoms with Crippen molar-refractivity contribution in [1.29, 1.82) is 0 Å². The number of nitrogens with one attached hydrogen (secondary N) is 1. The lowest BCUT2D eigenvalue weighted by atomic mass is 10.2. The molecule has 9 heteroatoms. The van der Waals surface area contributed by atoms with Crippen LogP contribution >= 0.6 is 11.6 Å². The molecule has 0 unspecified atom stereocenters. The summed E-state index contributed by atoms with van der Waals surface area (Å²) < 4.78 is 9.67. The van der Waals surface area contributed by atoms with E-state index in [1.165, 1.54) is 0 Å². The van der Waals surface area contributed by atoms with Gasteiger partial charge in [0.15, 0.2) is 5.69 Å². The fourth-order valence-corrected chi connectivity index (χ4v) is 4.35. The van der Waals surface area contributed by atoms with E-state index in [2.05, 4.69) is 21.5 Å². The Kier molecular flexibility index (Phi) is 6.31. The van der Waals surface area contributed by atoms with E-state index in [0.717, 1.165) is 30.2 Å². The van der Waals surface area contributed by atoms with Crippen molar-refractivity contribution in [3.63, 3.8) is 0 Å². The number of amides is 1. The number of ether oxygens (including phenoxy) is 1. The number of aromatic nitrogens is 4. The van der Waals surface area contributed by atoms with Crippen molar-refractivity contribution in [2.75, 3.05) is 19.6 Å². The minimum atomic E-state index is -0.0721. The van der Waals surface area contributed by atoms with E-state index in [4.69, 9.17) is 16.3 Å². The van der Waals surface area contributed by atoms with E-state index in [1.807, 2.05) is 53.9 Å². The number of carbonyl (C=O) groups excluding carboxylic acids is 1. The topological polar surface area (TPSA) is 76.7 Å². The van der Waals surface area contributed by atoms with Crippen LogP contribution in [0.1, 0.15) is 41.4 Å². The van der Waals surface area contributed by atoms with E-state index in [1.54, 1.807) is 6.07 Å². The molecule has 8 nitrogen and oxygen atoms in total. The van der Waals surface area contributed by atoms with Crippen LogP contribution in [-0.2, 0) is 17.8 Å². The summed E-state index contributed by atoms with van der Waals surface area (Å²) in [7, 11) is 0. The number of halogens is 1. The highest BCUT2D eigenvalue weighted by Crippen LogP contribution is 2.20. The average molecular weight is 445 g/mol. The summed E-state index contributed by atoms with van der Waals surface area (Å²) in [5, 5.41) is 8.53. The summed E-state index contributed by atoms with van der Waals surface area (Å²) in [5.41, 5.74) is 4.12. The van der Waals surface area contributed by atoms with Crippen LogP contribution in [0.5, 0.6) is 0 Å². The van der Waals surface area contributed by atoms with E-state index in [-0.39, 0.29) is 18.1 Å². The molecule has 1 amide bonds. The van der Waals surface area contributed by atoms with Gasteiger partial charge in [0.2, 0.25) is 0 Å². The zero-order valence-corrected chi connectivity index (χ0v) is 19.2. The van der Waals surface area contributed by atoms with E-state index in [0.29, 0.717) is 36.0 Å². The van der Waals surface area contributed by atoms with Gasteiger partial charge in [0.05, 0.1) is 35.2 Å². The van der Waals surface area contributed by atoms with Gasteiger partial charge in [-0.15, -0.1) is 0 Å². The molecule has 0 spiro atoms. The summed E-state index contributed by atoms with van der Waals surface area (Å²) >= 11 is 6.24. The molecule has 1 fully saturated rings. The first kappa shape index (κ1) is 21.8. The van der Waals surface area contributed by atoms with Crippen molar-refractivity contribution in [3.05, 3.63) is 52.2 Å². The summed E-state index contributed by atoms with van der Waals surface area (Å²) in [4.78, 5) is 19.9. The second-order valence-corrected chi connectivity index (χ2v) is 8.71. The largest absolute Gasteiger partial charge is 0.372 e. The number of carbonyl (C=O) groups is 1. The number of fused-ring (bicyclic) bond motifs is 1. The van der Waals surface area contributed by atoms with Crippen molar-refractivity contribution in [1.82, 2.24) is 29.4 Å². The van der Waals surface area contributed by atoms with Crippen LogP contribution in [0.4, 0.5) is 0 Å². The SMILES string of the molecule is Cc1cc(C)n(CCNCc2c(C(=O)N3C[C@@H](C)O[C@@H](C)C3)nc3ccc(Cl)cn23)n1. The lowest BCUT2D eigenvalue weighted by molar-refractivity contribution is -0.0587. The molecule has 4 rings (SSSR count). The van der Waals surface area contributed by atoms with Crippen LogP contribution in [-0.4, -0.2) is 61.8 Å². The highest BCUT2D eigenvalue weighted by atomic mass is 35.5. The van der Waals surface area contributed by atoms with Crippen LogP contribution in [0.3, 0.4) is 0 Å². The van der Waals surface area contributed by atoms with Crippen molar-refractivity contribution >= 4 is 23.2 Å². The van der Waals surface area contributed by atoms with Crippen LogP contribution < -0.4 is 5.32 Å². The number of hydrogen-bond donors (Lipinski definition) is 1. The number of rotatable bonds is 6. The minimum absolute atomic E-state index is 0.00141. The van der Waals surface area contributed by atoms with E-state index in [9.17, 15) is 4.79 Å². The van der Waals surface area contributed by atoms with Crippen LogP contribution in [0.25, 0.3) is 5.65 Å². The molecule has 1 aliphatic rings. The molecule has 3 aromatic heterocycles. The third-order valence-electron chi connectivity index (χ3n) is 5.49. The molecule has 31 heavy (non-hydrogen) atoms. The van der Waals surface area contributed by atoms with Crippen LogP contribution in [0, 0.1) is 13.8 Å². The Balaban J connectivity index is 1.55. The molecule has 3 aromatic rings. The molecule has 0 saturated carbocycles. The third-order valence-corrected chi connectivity index (χ3v) is 5.71. The maximum Gasteiger partial charge on any atom is 0.274 e. The van der Waals surface area contributed by atoms with Gasteiger partial charge in [0, 0.05) is 38.1 Å². The lowest BCUT2D eigenvalue weighted by Crippen LogP contribution is -2.48. The Morgan fingerprint density at radius 3 is 2.68 bits per heavy atom. The second-order valence-electron chi connectivity index (χ2n) is 8.28. The zero-order chi connectivity index (χ0) is 22.1. The Bertz CT molecular complexity index is 1080.